The topological polar surface area (TPSA) is 41.1 Å². The summed E-state index contributed by atoms with van der Waals surface area (Å²) >= 11 is 1.47. The van der Waals surface area contributed by atoms with Gasteiger partial charge in [-0.3, -0.25) is 4.79 Å². The Kier molecular flexibility index (Phi) is 4.88. The molecule has 0 radical (unpaired) electrons. The number of rotatable bonds is 4. The van der Waals surface area contributed by atoms with Gasteiger partial charge in [0.15, 0.2) is 0 Å². The van der Waals surface area contributed by atoms with Gasteiger partial charge in [0, 0.05) is 18.0 Å². The molecule has 3 nitrogen and oxygen atoms in total. The van der Waals surface area contributed by atoms with Gasteiger partial charge in [-0.2, -0.15) is 0 Å². The van der Waals surface area contributed by atoms with Gasteiger partial charge >= 0.3 is 0 Å². The largest absolute Gasteiger partial charge is 0.348 e. The van der Waals surface area contributed by atoms with E-state index in [9.17, 15) is 9.18 Å². The van der Waals surface area contributed by atoms with Crippen LogP contribution < -0.4 is 10.6 Å². The molecule has 1 aromatic heterocycles. The molecule has 5 heteroatoms. The molecule has 0 bridgehead atoms. The molecule has 3 rings (SSSR count). The molecule has 1 aromatic carbocycles. The number of carbonyl (C=O) groups excluding carboxylic acids is 1. The number of hydrogen-bond donors (Lipinski definition) is 2. The molecule has 0 unspecified atom stereocenters. The van der Waals surface area contributed by atoms with Crippen LogP contribution in [-0.4, -0.2) is 25.5 Å². The number of hydrogen-bond acceptors (Lipinski definition) is 3. The van der Waals surface area contributed by atoms with E-state index < -0.39 is 0 Å². The Labute approximate surface area is 139 Å². The van der Waals surface area contributed by atoms with Crippen LogP contribution in [0.15, 0.2) is 42.0 Å². The fraction of sp³-hybridized carbons (Fsp3) is 0.278. The van der Waals surface area contributed by atoms with Crippen molar-refractivity contribution >= 4 is 17.2 Å². The summed E-state index contributed by atoms with van der Waals surface area (Å²) < 4.78 is 13.0. The summed E-state index contributed by atoms with van der Waals surface area (Å²) in [6.45, 7) is 4.42. The Bertz CT molecular complexity index is 734. The number of nitrogens with one attached hydrogen (secondary N) is 2. The Morgan fingerprint density at radius 3 is 2.83 bits per heavy atom. The molecule has 23 heavy (non-hydrogen) atoms. The van der Waals surface area contributed by atoms with E-state index in [0.29, 0.717) is 11.4 Å². The highest BCUT2D eigenvalue weighted by molar-refractivity contribution is 7.14. The average Bonchev–Trinajstić information content (AvgIpc) is 2.96. The summed E-state index contributed by atoms with van der Waals surface area (Å²) in [6, 6.07) is 8.25. The van der Waals surface area contributed by atoms with Gasteiger partial charge < -0.3 is 10.6 Å². The summed E-state index contributed by atoms with van der Waals surface area (Å²) in [5.74, 6) is -0.305. The van der Waals surface area contributed by atoms with Gasteiger partial charge in [-0.05, 0) is 49.2 Å². The van der Waals surface area contributed by atoms with Gasteiger partial charge in [0.05, 0.1) is 4.88 Å². The van der Waals surface area contributed by atoms with Gasteiger partial charge in [-0.15, -0.1) is 11.3 Å². The Morgan fingerprint density at radius 2 is 2.13 bits per heavy atom. The average molecular weight is 330 g/mol. The van der Waals surface area contributed by atoms with Crippen LogP contribution in [0.1, 0.15) is 21.0 Å². The standard InChI is InChI=1S/C18H19FN2OS/c1-12-16(14-2-4-15(19)5-3-14)10-17(23-12)18(22)21-11-13-6-8-20-9-7-13/h2-6,10,20H,7-9,11H2,1H3,(H,21,22). The number of amides is 1. The highest BCUT2D eigenvalue weighted by Crippen LogP contribution is 2.31. The molecule has 0 aliphatic carbocycles. The summed E-state index contributed by atoms with van der Waals surface area (Å²) in [7, 11) is 0. The maximum atomic E-state index is 13.0. The fourth-order valence-electron chi connectivity index (χ4n) is 2.62. The van der Waals surface area contributed by atoms with Crippen LogP contribution in [0, 0.1) is 12.7 Å². The maximum Gasteiger partial charge on any atom is 0.261 e. The SMILES string of the molecule is Cc1sc(C(=O)NCC2=CCNCC2)cc1-c1ccc(F)cc1. The van der Waals surface area contributed by atoms with Gasteiger partial charge in [0.2, 0.25) is 0 Å². The minimum absolute atomic E-state index is 0.0501. The predicted molar refractivity (Wildman–Crippen MR) is 92.4 cm³/mol. The number of carbonyl (C=O) groups is 1. The van der Waals surface area contributed by atoms with Crippen LogP contribution in [0.5, 0.6) is 0 Å². The van der Waals surface area contributed by atoms with E-state index in [1.807, 2.05) is 13.0 Å². The van der Waals surface area contributed by atoms with Crippen LogP contribution in [0.2, 0.25) is 0 Å². The molecule has 0 atom stereocenters. The molecule has 1 aliphatic rings. The lowest BCUT2D eigenvalue weighted by Gasteiger charge is -2.14. The summed E-state index contributed by atoms with van der Waals surface area (Å²) in [5.41, 5.74) is 3.19. The van der Waals surface area contributed by atoms with Crippen molar-refractivity contribution in [1.29, 1.82) is 0 Å². The van der Waals surface area contributed by atoms with Crippen molar-refractivity contribution in [3.8, 4) is 11.1 Å². The van der Waals surface area contributed by atoms with Crippen molar-refractivity contribution in [2.75, 3.05) is 19.6 Å². The summed E-state index contributed by atoms with van der Waals surface area (Å²) in [5, 5.41) is 6.24. The van der Waals surface area contributed by atoms with E-state index in [4.69, 9.17) is 0 Å². The predicted octanol–water partition coefficient (Wildman–Crippen LogP) is 3.51. The Balaban J connectivity index is 1.70. The van der Waals surface area contributed by atoms with E-state index in [1.165, 1.54) is 29.0 Å². The van der Waals surface area contributed by atoms with Crippen molar-refractivity contribution in [2.45, 2.75) is 13.3 Å². The second-order valence-corrected chi connectivity index (χ2v) is 6.84. The third-order valence-corrected chi connectivity index (χ3v) is 4.98. The Morgan fingerprint density at radius 1 is 1.35 bits per heavy atom. The zero-order valence-corrected chi connectivity index (χ0v) is 13.8. The lowest BCUT2D eigenvalue weighted by Crippen LogP contribution is -2.29. The van der Waals surface area contributed by atoms with Crippen LogP contribution in [0.3, 0.4) is 0 Å². The molecule has 120 valence electrons. The maximum absolute atomic E-state index is 13.0. The van der Waals surface area contributed by atoms with Crippen LogP contribution in [-0.2, 0) is 0 Å². The quantitative estimate of drug-likeness (QED) is 0.842. The van der Waals surface area contributed by atoms with E-state index in [2.05, 4.69) is 16.7 Å². The first-order valence-electron chi connectivity index (χ1n) is 7.66. The zero-order valence-electron chi connectivity index (χ0n) is 13.0. The van der Waals surface area contributed by atoms with Gasteiger partial charge in [-0.25, -0.2) is 4.39 Å². The molecule has 2 N–H and O–H groups in total. The van der Waals surface area contributed by atoms with Gasteiger partial charge in [0.1, 0.15) is 5.82 Å². The molecule has 2 heterocycles. The molecule has 0 fully saturated rings. The first-order chi connectivity index (χ1) is 11.1. The number of halogens is 1. The molecule has 2 aromatic rings. The first-order valence-corrected chi connectivity index (χ1v) is 8.48. The fourth-order valence-corrected chi connectivity index (χ4v) is 3.58. The van der Waals surface area contributed by atoms with E-state index in [-0.39, 0.29) is 11.7 Å². The zero-order chi connectivity index (χ0) is 16.2. The summed E-state index contributed by atoms with van der Waals surface area (Å²) in [4.78, 5) is 14.1. The second kappa shape index (κ2) is 7.06. The molecular weight excluding hydrogens is 311 g/mol. The normalized spacial score (nSPS) is 14.4. The van der Waals surface area contributed by atoms with Crippen LogP contribution in [0.25, 0.3) is 11.1 Å². The van der Waals surface area contributed by atoms with Crippen molar-refractivity contribution in [2.24, 2.45) is 0 Å². The second-order valence-electron chi connectivity index (χ2n) is 5.59. The van der Waals surface area contributed by atoms with E-state index in [0.717, 1.165) is 35.5 Å². The summed E-state index contributed by atoms with van der Waals surface area (Å²) in [6.07, 6.45) is 3.11. The van der Waals surface area contributed by atoms with Crippen LogP contribution >= 0.6 is 11.3 Å². The molecule has 1 amide bonds. The highest BCUT2D eigenvalue weighted by Gasteiger charge is 2.14. The number of thiophene rings is 1. The lowest BCUT2D eigenvalue weighted by molar-refractivity contribution is 0.0960. The number of aryl methyl sites for hydroxylation is 1. The van der Waals surface area contributed by atoms with E-state index >= 15 is 0 Å². The number of benzene rings is 1. The van der Waals surface area contributed by atoms with Crippen molar-refractivity contribution in [3.05, 3.63) is 57.6 Å². The minimum atomic E-state index is -0.255. The molecule has 0 saturated carbocycles. The molecule has 1 aliphatic heterocycles. The Hall–Kier alpha value is -1.98. The van der Waals surface area contributed by atoms with Gasteiger partial charge in [0.25, 0.3) is 5.91 Å². The van der Waals surface area contributed by atoms with E-state index in [1.54, 1.807) is 12.1 Å². The molecule has 0 saturated heterocycles. The smallest absolute Gasteiger partial charge is 0.261 e. The van der Waals surface area contributed by atoms with Crippen molar-refractivity contribution in [3.63, 3.8) is 0 Å². The van der Waals surface area contributed by atoms with Gasteiger partial charge in [-0.1, -0.05) is 23.8 Å². The first kappa shape index (κ1) is 15.9. The lowest BCUT2D eigenvalue weighted by atomic mass is 10.1. The van der Waals surface area contributed by atoms with Crippen molar-refractivity contribution in [1.82, 2.24) is 10.6 Å². The third kappa shape index (κ3) is 3.86. The van der Waals surface area contributed by atoms with Crippen molar-refractivity contribution < 1.29 is 9.18 Å². The molecular formula is C18H19FN2OS. The monoisotopic (exact) mass is 330 g/mol. The minimum Gasteiger partial charge on any atom is -0.348 e. The molecule has 0 spiro atoms. The van der Waals surface area contributed by atoms with Crippen LogP contribution in [0.4, 0.5) is 4.39 Å². The highest BCUT2D eigenvalue weighted by atomic mass is 32.1. The third-order valence-electron chi connectivity index (χ3n) is 3.93.